The number of carbonyl (C=O) groups is 2. The molecule has 9 heteroatoms. The average molecular weight is 300 g/mol. The van der Waals surface area contributed by atoms with E-state index in [2.05, 4.69) is 10.1 Å². The number of amides is 1. The summed E-state index contributed by atoms with van der Waals surface area (Å²) in [6.07, 6.45) is 0. The number of oxime groups is 1. The van der Waals surface area contributed by atoms with Crippen LogP contribution in [0.1, 0.15) is 19.5 Å². The fourth-order valence-electron chi connectivity index (χ4n) is 1.41. The van der Waals surface area contributed by atoms with Crippen molar-refractivity contribution in [1.82, 2.24) is 9.88 Å². The molecule has 0 spiro atoms. The summed E-state index contributed by atoms with van der Waals surface area (Å²) in [6.45, 7) is 4.46. The number of nitrogen functional groups attached to an aromatic ring is 1. The van der Waals surface area contributed by atoms with Gasteiger partial charge in [0.1, 0.15) is 5.69 Å². The first-order valence-electron chi connectivity index (χ1n) is 5.91. The van der Waals surface area contributed by atoms with Crippen molar-refractivity contribution in [3.8, 4) is 0 Å². The number of nitrogens with zero attached hydrogens (tertiary/aromatic N) is 3. The third-order valence-corrected chi connectivity index (χ3v) is 3.10. The molecule has 1 amide bonds. The van der Waals surface area contributed by atoms with Gasteiger partial charge in [0.05, 0.1) is 0 Å². The van der Waals surface area contributed by atoms with E-state index in [0.717, 1.165) is 11.3 Å². The SMILES string of the molecule is CCN(CC)C(=O)CO/N=C(\C(=O)O)c1csc(N)n1. The Morgan fingerprint density at radius 1 is 1.50 bits per heavy atom. The number of hydrogen-bond donors (Lipinski definition) is 2. The van der Waals surface area contributed by atoms with Gasteiger partial charge < -0.3 is 20.6 Å². The van der Waals surface area contributed by atoms with Gasteiger partial charge in [-0.3, -0.25) is 4.79 Å². The van der Waals surface area contributed by atoms with Crippen molar-refractivity contribution >= 4 is 34.1 Å². The van der Waals surface area contributed by atoms with E-state index in [4.69, 9.17) is 15.7 Å². The van der Waals surface area contributed by atoms with Crippen LogP contribution >= 0.6 is 11.3 Å². The number of nitrogens with two attached hydrogens (primary N) is 1. The summed E-state index contributed by atoms with van der Waals surface area (Å²) >= 11 is 1.09. The maximum Gasteiger partial charge on any atom is 0.360 e. The van der Waals surface area contributed by atoms with E-state index in [1.54, 1.807) is 4.90 Å². The lowest BCUT2D eigenvalue weighted by molar-refractivity contribution is -0.136. The minimum absolute atomic E-state index is 0.107. The highest BCUT2D eigenvalue weighted by Crippen LogP contribution is 2.12. The zero-order chi connectivity index (χ0) is 15.1. The molecule has 3 N–H and O–H groups in total. The van der Waals surface area contributed by atoms with Gasteiger partial charge in [-0.05, 0) is 13.8 Å². The number of anilines is 1. The molecule has 8 nitrogen and oxygen atoms in total. The molecular formula is C11H16N4O4S. The quantitative estimate of drug-likeness (QED) is 0.556. The summed E-state index contributed by atoms with van der Waals surface area (Å²) in [5, 5.41) is 14.2. The van der Waals surface area contributed by atoms with E-state index < -0.39 is 5.97 Å². The second-order valence-corrected chi connectivity index (χ2v) is 4.55. The number of rotatable bonds is 7. The maximum absolute atomic E-state index is 11.6. The smallest absolute Gasteiger partial charge is 0.360 e. The fraction of sp³-hybridized carbons (Fsp3) is 0.455. The standard InChI is InChI=1S/C11H16N4O4S/c1-3-15(4-2)8(16)5-19-14-9(10(17)18)7-6-20-11(12)13-7/h6H,3-5H2,1-2H3,(H2,12,13)(H,17,18)/b14-9-. The van der Waals surface area contributed by atoms with E-state index in [-0.39, 0.29) is 29.1 Å². The highest BCUT2D eigenvalue weighted by atomic mass is 32.1. The van der Waals surface area contributed by atoms with Gasteiger partial charge in [0.15, 0.2) is 11.7 Å². The number of carboxylic acids is 1. The van der Waals surface area contributed by atoms with Gasteiger partial charge in [0.2, 0.25) is 5.71 Å². The molecule has 0 aromatic carbocycles. The topological polar surface area (TPSA) is 118 Å². The monoisotopic (exact) mass is 300 g/mol. The maximum atomic E-state index is 11.6. The average Bonchev–Trinajstić information content (AvgIpc) is 2.82. The molecule has 0 saturated heterocycles. The molecule has 1 heterocycles. The molecule has 1 aromatic heterocycles. The van der Waals surface area contributed by atoms with Crippen LogP contribution in [0.15, 0.2) is 10.5 Å². The Bertz CT molecular complexity index is 510. The molecular weight excluding hydrogens is 284 g/mol. The zero-order valence-corrected chi connectivity index (χ0v) is 12.0. The third kappa shape index (κ3) is 4.19. The first kappa shape index (κ1) is 15.9. The minimum atomic E-state index is -1.30. The normalized spacial score (nSPS) is 11.2. The molecule has 0 saturated carbocycles. The molecule has 0 atom stereocenters. The Morgan fingerprint density at radius 2 is 2.15 bits per heavy atom. The molecule has 0 aliphatic rings. The van der Waals surface area contributed by atoms with E-state index in [1.807, 2.05) is 13.8 Å². The minimum Gasteiger partial charge on any atom is -0.476 e. The summed E-state index contributed by atoms with van der Waals surface area (Å²) in [5.74, 6) is -1.56. The molecule has 0 fully saturated rings. The van der Waals surface area contributed by atoms with Crippen molar-refractivity contribution in [2.75, 3.05) is 25.4 Å². The van der Waals surface area contributed by atoms with Gasteiger partial charge in [0.25, 0.3) is 5.91 Å². The Labute approximate surface area is 119 Å². The number of likely N-dealkylation sites (N-methyl/N-ethyl adjacent to an activating group) is 1. The van der Waals surface area contributed by atoms with Crippen molar-refractivity contribution in [1.29, 1.82) is 0 Å². The van der Waals surface area contributed by atoms with E-state index in [1.165, 1.54) is 5.38 Å². The second-order valence-electron chi connectivity index (χ2n) is 3.66. The van der Waals surface area contributed by atoms with E-state index in [9.17, 15) is 9.59 Å². The molecule has 1 rings (SSSR count). The number of aromatic nitrogens is 1. The van der Waals surface area contributed by atoms with Gasteiger partial charge in [-0.1, -0.05) is 5.16 Å². The van der Waals surface area contributed by atoms with Crippen molar-refractivity contribution in [2.24, 2.45) is 5.16 Å². The fourth-order valence-corrected chi connectivity index (χ4v) is 1.96. The number of thiazole rings is 1. The molecule has 20 heavy (non-hydrogen) atoms. The lowest BCUT2D eigenvalue weighted by Crippen LogP contribution is -2.33. The van der Waals surface area contributed by atoms with Crippen LogP contribution in [0.2, 0.25) is 0 Å². The van der Waals surface area contributed by atoms with E-state index >= 15 is 0 Å². The van der Waals surface area contributed by atoms with Crippen LogP contribution in [-0.4, -0.2) is 52.3 Å². The largest absolute Gasteiger partial charge is 0.476 e. The van der Waals surface area contributed by atoms with Crippen molar-refractivity contribution in [3.05, 3.63) is 11.1 Å². The third-order valence-electron chi connectivity index (χ3n) is 2.43. The number of aliphatic carboxylic acids is 1. The molecule has 0 unspecified atom stereocenters. The predicted octanol–water partition coefficient (Wildman–Crippen LogP) is 0.399. The van der Waals surface area contributed by atoms with Gasteiger partial charge >= 0.3 is 5.97 Å². The Kier molecular flexibility index (Phi) is 5.91. The second kappa shape index (κ2) is 7.43. The lowest BCUT2D eigenvalue weighted by Gasteiger charge is -2.17. The molecule has 0 aliphatic heterocycles. The van der Waals surface area contributed by atoms with Crippen LogP contribution in [0.25, 0.3) is 0 Å². The summed E-state index contributed by atoms with van der Waals surface area (Å²) in [7, 11) is 0. The first-order chi connectivity index (χ1) is 9.49. The van der Waals surface area contributed by atoms with Crippen LogP contribution in [-0.2, 0) is 14.4 Å². The van der Waals surface area contributed by atoms with Crippen LogP contribution in [0.4, 0.5) is 5.13 Å². The summed E-state index contributed by atoms with van der Waals surface area (Å²) in [4.78, 5) is 32.9. The van der Waals surface area contributed by atoms with Crippen LogP contribution in [0.5, 0.6) is 0 Å². The highest BCUT2D eigenvalue weighted by molar-refractivity contribution is 7.13. The predicted molar refractivity (Wildman–Crippen MR) is 74.6 cm³/mol. The van der Waals surface area contributed by atoms with Gasteiger partial charge in [-0.2, -0.15) is 0 Å². The summed E-state index contributed by atoms with van der Waals surface area (Å²) < 4.78 is 0. The number of hydrogen-bond acceptors (Lipinski definition) is 7. The summed E-state index contributed by atoms with van der Waals surface area (Å²) in [6, 6.07) is 0. The molecule has 0 bridgehead atoms. The number of carboxylic acid groups (broad SMARTS) is 1. The molecule has 110 valence electrons. The van der Waals surface area contributed by atoms with Gasteiger partial charge in [0, 0.05) is 18.5 Å². The Balaban J connectivity index is 2.70. The van der Waals surface area contributed by atoms with Crippen LogP contribution in [0.3, 0.4) is 0 Å². The van der Waals surface area contributed by atoms with Crippen molar-refractivity contribution < 1.29 is 19.5 Å². The van der Waals surface area contributed by atoms with Gasteiger partial charge in [-0.25, -0.2) is 9.78 Å². The molecule has 0 aliphatic carbocycles. The van der Waals surface area contributed by atoms with Crippen LogP contribution < -0.4 is 5.73 Å². The first-order valence-corrected chi connectivity index (χ1v) is 6.79. The Morgan fingerprint density at radius 3 is 2.60 bits per heavy atom. The lowest BCUT2D eigenvalue weighted by atomic mass is 10.3. The van der Waals surface area contributed by atoms with Crippen molar-refractivity contribution in [3.63, 3.8) is 0 Å². The molecule has 1 aromatic rings. The number of carbonyl (C=O) groups excluding carboxylic acids is 1. The van der Waals surface area contributed by atoms with Gasteiger partial charge in [-0.15, -0.1) is 11.3 Å². The molecule has 0 radical (unpaired) electrons. The Hall–Kier alpha value is -2.16. The van der Waals surface area contributed by atoms with Crippen LogP contribution in [0, 0.1) is 0 Å². The van der Waals surface area contributed by atoms with E-state index in [0.29, 0.717) is 13.1 Å². The zero-order valence-electron chi connectivity index (χ0n) is 11.2. The summed E-state index contributed by atoms with van der Waals surface area (Å²) in [5.41, 5.74) is 5.15. The van der Waals surface area contributed by atoms with Crippen molar-refractivity contribution in [2.45, 2.75) is 13.8 Å². The highest BCUT2D eigenvalue weighted by Gasteiger charge is 2.17.